The van der Waals surface area contributed by atoms with E-state index in [0.29, 0.717) is 6.04 Å². The maximum absolute atomic E-state index is 5.95. The number of hydrogen-bond acceptors (Lipinski definition) is 1. The molecule has 0 unspecified atom stereocenters. The van der Waals surface area contributed by atoms with E-state index in [2.05, 4.69) is 13.0 Å². The Morgan fingerprint density at radius 2 is 1.56 bits per heavy atom. The first kappa shape index (κ1) is 12.2. The fraction of sp³-hybridized carbons (Fsp3) is 0.867. The van der Waals surface area contributed by atoms with E-state index in [0.717, 1.165) is 11.8 Å². The molecule has 0 amide bonds. The van der Waals surface area contributed by atoms with E-state index in [1.807, 2.05) is 0 Å². The molecule has 1 heteroatoms. The van der Waals surface area contributed by atoms with E-state index < -0.39 is 0 Å². The first-order valence-corrected chi connectivity index (χ1v) is 7.19. The van der Waals surface area contributed by atoms with Crippen molar-refractivity contribution in [1.82, 2.24) is 0 Å². The monoisotopic (exact) mass is 221 g/mol. The molecule has 2 rings (SSSR count). The van der Waals surface area contributed by atoms with E-state index >= 15 is 0 Å². The normalized spacial score (nSPS) is 34.0. The van der Waals surface area contributed by atoms with Gasteiger partial charge in [-0.2, -0.15) is 0 Å². The van der Waals surface area contributed by atoms with Crippen LogP contribution in [0.1, 0.15) is 64.7 Å². The zero-order valence-electron chi connectivity index (χ0n) is 10.8. The van der Waals surface area contributed by atoms with Crippen molar-refractivity contribution in [2.45, 2.75) is 70.8 Å². The van der Waals surface area contributed by atoms with Gasteiger partial charge in [0.15, 0.2) is 0 Å². The highest BCUT2D eigenvalue weighted by molar-refractivity contribution is 5.07. The molecule has 0 bridgehead atoms. The average Bonchev–Trinajstić information content (AvgIpc) is 2.33. The van der Waals surface area contributed by atoms with Crippen LogP contribution in [0.15, 0.2) is 11.6 Å². The highest BCUT2D eigenvalue weighted by Gasteiger charge is 2.19. The Hall–Kier alpha value is -0.300. The summed E-state index contributed by atoms with van der Waals surface area (Å²) >= 11 is 0. The molecule has 2 aliphatic rings. The molecule has 2 aliphatic carbocycles. The lowest BCUT2D eigenvalue weighted by molar-refractivity contribution is 0.364. The SMILES string of the molecule is CC(=CC1CCC(N)CC1)C1CCCCC1. The zero-order chi connectivity index (χ0) is 11.4. The highest BCUT2D eigenvalue weighted by atomic mass is 14.6. The summed E-state index contributed by atoms with van der Waals surface area (Å²) < 4.78 is 0. The fourth-order valence-electron chi connectivity index (χ4n) is 3.38. The molecular weight excluding hydrogens is 194 g/mol. The molecule has 0 aromatic rings. The molecule has 2 saturated carbocycles. The van der Waals surface area contributed by atoms with Crippen LogP contribution in [0.5, 0.6) is 0 Å². The third-order valence-electron chi connectivity index (χ3n) is 4.56. The van der Waals surface area contributed by atoms with Gasteiger partial charge in [-0.05, 0) is 57.3 Å². The minimum Gasteiger partial charge on any atom is -0.328 e. The largest absolute Gasteiger partial charge is 0.328 e. The van der Waals surface area contributed by atoms with Gasteiger partial charge in [-0.25, -0.2) is 0 Å². The summed E-state index contributed by atoms with van der Waals surface area (Å²) in [5.41, 5.74) is 7.63. The summed E-state index contributed by atoms with van der Waals surface area (Å²) in [5.74, 6) is 1.74. The maximum atomic E-state index is 5.95. The Morgan fingerprint density at radius 3 is 2.19 bits per heavy atom. The Labute approximate surface area is 100 Å². The second-order valence-electron chi connectivity index (χ2n) is 5.92. The van der Waals surface area contributed by atoms with Gasteiger partial charge >= 0.3 is 0 Å². The molecule has 1 nitrogen and oxygen atoms in total. The zero-order valence-corrected chi connectivity index (χ0v) is 10.8. The second kappa shape index (κ2) is 5.86. The highest BCUT2D eigenvalue weighted by Crippen LogP contribution is 2.32. The first-order chi connectivity index (χ1) is 7.75. The van der Waals surface area contributed by atoms with Crippen LogP contribution in [-0.2, 0) is 0 Å². The van der Waals surface area contributed by atoms with Crippen LogP contribution in [0.3, 0.4) is 0 Å². The van der Waals surface area contributed by atoms with E-state index in [9.17, 15) is 0 Å². The minimum atomic E-state index is 0.486. The molecule has 0 saturated heterocycles. The van der Waals surface area contributed by atoms with E-state index in [-0.39, 0.29) is 0 Å². The molecule has 16 heavy (non-hydrogen) atoms. The van der Waals surface area contributed by atoms with Crippen LogP contribution in [-0.4, -0.2) is 6.04 Å². The topological polar surface area (TPSA) is 26.0 Å². The van der Waals surface area contributed by atoms with Crippen LogP contribution in [0.4, 0.5) is 0 Å². The average molecular weight is 221 g/mol. The van der Waals surface area contributed by atoms with Crippen LogP contribution < -0.4 is 5.73 Å². The summed E-state index contributed by atoms with van der Waals surface area (Å²) in [5, 5.41) is 0. The van der Waals surface area contributed by atoms with Gasteiger partial charge in [0.05, 0.1) is 0 Å². The van der Waals surface area contributed by atoms with Crippen molar-refractivity contribution in [2.75, 3.05) is 0 Å². The molecule has 0 spiro atoms. The molecule has 2 N–H and O–H groups in total. The van der Waals surface area contributed by atoms with Gasteiger partial charge in [0, 0.05) is 6.04 Å². The standard InChI is InChI=1S/C15H27N/c1-12(14-5-3-2-4-6-14)11-13-7-9-15(16)10-8-13/h11,13-15H,2-10,16H2,1H3. The first-order valence-electron chi connectivity index (χ1n) is 7.19. The molecule has 2 fully saturated rings. The van der Waals surface area contributed by atoms with Crippen molar-refractivity contribution in [3.8, 4) is 0 Å². The van der Waals surface area contributed by atoms with Gasteiger partial charge in [-0.15, -0.1) is 0 Å². The van der Waals surface area contributed by atoms with Crippen LogP contribution >= 0.6 is 0 Å². The Bertz CT molecular complexity index is 230. The van der Waals surface area contributed by atoms with Crippen molar-refractivity contribution in [2.24, 2.45) is 17.6 Å². The number of allylic oxidation sites excluding steroid dienone is 2. The molecule has 0 heterocycles. The summed E-state index contributed by atoms with van der Waals surface area (Å²) in [6.07, 6.45) is 14.9. The third-order valence-corrected chi connectivity index (χ3v) is 4.56. The molecule has 0 aromatic carbocycles. The number of rotatable bonds is 2. The van der Waals surface area contributed by atoms with Crippen molar-refractivity contribution in [3.63, 3.8) is 0 Å². The number of hydrogen-bond donors (Lipinski definition) is 1. The van der Waals surface area contributed by atoms with Crippen molar-refractivity contribution < 1.29 is 0 Å². The smallest absolute Gasteiger partial charge is 0.00392 e. The summed E-state index contributed by atoms with van der Waals surface area (Å²) in [7, 11) is 0. The van der Waals surface area contributed by atoms with Crippen molar-refractivity contribution >= 4 is 0 Å². The lowest BCUT2D eigenvalue weighted by Crippen LogP contribution is -2.26. The lowest BCUT2D eigenvalue weighted by Gasteiger charge is -2.27. The molecule has 92 valence electrons. The predicted molar refractivity (Wildman–Crippen MR) is 70.3 cm³/mol. The minimum absolute atomic E-state index is 0.486. The molecule has 0 aromatic heterocycles. The van der Waals surface area contributed by atoms with Gasteiger partial charge < -0.3 is 5.73 Å². The Morgan fingerprint density at radius 1 is 0.938 bits per heavy atom. The summed E-state index contributed by atoms with van der Waals surface area (Å²) in [4.78, 5) is 0. The maximum Gasteiger partial charge on any atom is 0.00392 e. The van der Waals surface area contributed by atoms with Gasteiger partial charge in [0.2, 0.25) is 0 Å². The van der Waals surface area contributed by atoms with Crippen molar-refractivity contribution in [1.29, 1.82) is 0 Å². The number of nitrogens with two attached hydrogens (primary N) is 1. The van der Waals surface area contributed by atoms with Gasteiger partial charge in [0.1, 0.15) is 0 Å². The van der Waals surface area contributed by atoms with E-state index in [4.69, 9.17) is 5.73 Å². The molecular formula is C15H27N. The van der Waals surface area contributed by atoms with Crippen molar-refractivity contribution in [3.05, 3.63) is 11.6 Å². The molecule has 0 atom stereocenters. The van der Waals surface area contributed by atoms with E-state index in [1.165, 1.54) is 57.8 Å². The molecule has 0 radical (unpaired) electrons. The quantitative estimate of drug-likeness (QED) is 0.700. The van der Waals surface area contributed by atoms with Gasteiger partial charge in [-0.3, -0.25) is 0 Å². The van der Waals surface area contributed by atoms with Gasteiger partial charge in [0.25, 0.3) is 0 Å². The summed E-state index contributed by atoms with van der Waals surface area (Å²) in [6.45, 7) is 2.37. The Kier molecular flexibility index (Phi) is 4.45. The predicted octanol–water partition coefficient (Wildman–Crippen LogP) is 4.03. The van der Waals surface area contributed by atoms with Crippen LogP contribution in [0.2, 0.25) is 0 Å². The molecule has 0 aliphatic heterocycles. The van der Waals surface area contributed by atoms with Crippen LogP contribution in [0.25, 0.3) is 0 Å². The second-order valence-corrected chi connectivity index (χ2v) is 5.92. The summed E-state index contributed by atoms with van der Waals surface area (Å²) in [6, 6.07) is 0.486. The lowest BCUT2D eigenvalue weighted by atomic mass is 9.80. The van der Waals surface area contributed by atoms with Crippen LogP contribution in [0, 0.1) is 11.8 Å². The van der Waals surface area contributed by atoms with Gasteiger partial charge in [-0.1, -0.05) is 30.9 Å². The van der Waals surface area contributed by atoms with E-state index in [1.54, 1.807) is 5.57 Å². The third kappa shape index (κ3) is 3.35. The fourth-order valence-corrected chi connectivity index (χ4v) is 3.38. The Balaban J connectivity index is 1.85.